The molecule has 3 rings (SSSR count). The van der Waals surface area contributed by atoms with Gasteiger partial charge in [-0.25, -0.2) is 4.39 Å². The zero-order chi connectivity index (χ0) is 14.3. The molecule has 1 aromatic heterocycles. The summed E-state index contributed by atoms with van der Waals surface area (Å²) in [7, 11) is 0. The second kappa shape index (κ2) is 5.14. The van der Waals surface area contributed by atoms with Crippen molar-refractivity contribution < 1.29 is 9.18 Å². The second-order valence-electron chi connectivity index (χ2n) is 5.35. The number of carbonyl (C=O) groups excluding carboxylic acids is 1. The van der Waals surface area contributed by atoms with Gasteiger partial charge in [-0.2, -0.15) is 0 Å². The van der Waals surface area contributed by atoms with Crippen molar-refractivity contribution in [1.82, 2.24) is 5.32 Å². The van der Waals surface area contributed by atoms with Gasteiger partial charge in [-0.05, 0) is 54.8 Å². The van der Waals surface area contributed by atoms with Gasteiger partial charge in [0.15, 0.2) is 0 Å². The highest BCUT2D eigenvalue weighted by molar-refractivity contribution is 7.21. The summed E-state index contributed by atoms with van der Waals surface area (Å²) >= 11 is 1.41. The van der Waals surface area contributed by atoms with Crippen molar-refractivity contribution in [1.29, 1.82) is 0 Å². The molecule has 20 heavy (non-hydrogen) atoms. The molecule has 0 spiro atoms. The summed E-state index contributed by atoms with van der Waals surface area (Å²) < 4.78 is 14.2. The van der Waals surface area contributed by atoms with E-state index in [1.54, 1.807) is 6.07 Å². The number of aryl methyl sites for hydroxylation is 1. The van der Waals surface area contributed by atoms with Crippen LogP contribution in [-0.2, 0) is 0 Å². The Bertz CT molecular complexity index is 663. The normalized spacial score (nSPS) is 16.4. The van der Waals surface area contributed by atoms with E-state index in [0.717, 1.165) is 28.5 Å². The molecule has 1 heterocycles. The number of nitrogens with two attached hydrogens (primary N) is 1. The maximum Gasteiger partial charge on any atom is 0.261 e. The Morgan fingerprint density at radius 2 is 2.30 bits per heavy atom. The number of nitrogens with one attached hydrogen (secondary N) is 1. The highest BCUT2D eigenvalue weighted by Crippen LogP contribution is 2.34. The molecule has 1 aliphatic rings. The van der Waals surface area contributed by atoms with Crippen molar-refractivity contribution in [3.63, 3.8) is 0 Å². The Morgan fingerprint density at radius 3 is 2.95 bits per heavy atom. The molecule has 1 fully saturated rings. The summed E-state index contributed by atoms with van der Waals surface area (Å²) in [5, 5.41) is 3.83. The van der Waals surface area contributed by atoms with Gasteiger partial charge < -0.3 is 11.1 Å². The minimum Gasteiger partial charge on any atom is -0.347 e. The summed E-state index contributed by atoms with van der Waals surface area (Å²) in [5.41, 5.74) is 6.55. The molecule has 3 N–H and O–H groups in total. The SMILES string of the molecule is Cc1c(C(=O)NC(CN)C2CC2)sc2ccc(F)cc12. The van der Waals surface area contributed by atoms with Crippen LogP contribution in [0.4, 0.5) is 4.39 Å². The van der Waals surface area contributed by atoms with E-state index in [4.69, 9.17) is 5.73 Å². The Hall–Kier alpha value is -1.46. The fourth-order valence-corrected chi connectivity index (χ4v) is 3.60. The van der Waals surface area contributed by atoms with Crippen LogP contribution in [0.15, 0.2) is 18.2 Å². The number of amides is 1. The topological polar surface area (TPSA) is 55.1 Å². The Balaban J connectivity index is 1.89. The molecule has 1 unspecified atom stereocenters. The molecule has 1 aliphatic carbocycles. The molecule has 106 valence electrons. The van der Waals surface area contributed by atoms with E-state index in [1.807, 2.05) is 6.92 Å². The highest BCUT2D eigenvalue weighted by Gasteiger charge is 2.32. The van der Waals surface area contributed by atoms with Gasteiger partial charge in [0.25, 0.3) is 5.91 Å². The van der Waals surface area contributed by atoms with E-state index in [0.29, 0.717) is 17.3 Å². The van der Waals surface area contributed by atoms with Crippen molar-refractivity contribution >= 4 is 27.3 Å². The quantitative estimate of drug-likeness (QED) is 0.910. The van der Waals surface area contributed by atoms with Gasteiger partial charge in [0.2, 0.25) is 0 Å². The molecule has 1 amide bonds. The van der Waals surface area contributed by atoms with Crippen LogP contribution in [0.25, 0.3) is 10.1 Å². The molecule has 3 nitrogen and oxygen atoms in total. The molecule has 1 aromatic carbocycles. The number of hydrogen-bond acceptors (Lipinski definition) is 3. The van der Waals surface area contributed by atoms with Gasteiger partial charge in [0.05, 0.1) is 4.88 Å². The first-order chi connectivity index (χ1) is 9.60. The molecule has 2 aromatic rings. The summed E-state index contributed by atoms with van der Waals surface area (Å²) in [5.74, 6) is 0.158. The molecule has 0 radical (unpaired) electrons. The van der Waals surface area contributed by atoms with Crippen LogP contribution in [-0.4, -0.2) is 18.5 Å². The summed E-state index contributed by atoms with van der Waals surface area (Å²) in [6.45, 7) is 2.33. The van der Waals surface area contributed by atoms with Crippen molar-refractivity contribution in [3.8, 4) is 0 Å². The van der Waals surface area contributed by atoms with Gasteiger partial charge in [-0.3, -0.25) is 4.79 Å². The first-order valence-corrected chi connectivity index (χ1v) is 7.61. The van der Waals surface area contributed by atoms with E-state index >= 15 is 0 Å². The first-order valence-electron chi connectivity index (χ1n) is 6.79. The van der Waals surface area contributed by atoms with E-state index in [9.17, 15) is 9.18 Å². The van der Waals surface area contributed by atoms with Crippen molar-refractivity contribution in [2.45, 2.75) is 25.8 Å². The smallest absolute Gasteiger partial charge is 0.261 e. The van der Waals surface area contributed by atoms with Crippen LogP contribution in [0.3, 0.4) is 0 Å². The van der Waals surface area contributed by atoms with E-state index < -0.39 is 0 Å². The van der Waals surface area contributed by atoms with Crippen LogP contribution in [0.2, 0.25) is 0 Å². The number of hydrogen-bond donors (Lipinski definition) is 2. The minimum atomic E-state index is -0.275. The highest BCUT2D eigenvalue weighted by atomic mass is 32.1. The number of fused-ring (bicyclic) bond motifs is 1. The average Bonchev–Trinajstić information content (AvgIpc) is 3.22. The molecule has 1 atom stereocenters. The van der Waals surface area contributed by atoms with Gasteiger partial charge in [0.1, 0.15) is 5.82 Å². The minimum absolute atomic E-state index is 0.0591. The third-order valence-corrected chi connectivity index (χ3v) is 5.14. The predicted octanol–water partition coefficient (Wildman–Crippen LogP) is 2.82. The van der Waals surface area contributed by atoms with Crippen LogP contribution in [0.5, 0.6) is 0 Å². The third-order valence-electron chi connectivity index (χ3n) is 3.87. The van der Waals surface area contributed by atoms with Crippen molar-refractivity contribution in [2.75, 3.05) is 6.54 Å². The van der Waals surface area contributed by atoms with Crippen LogP contribution >= 0.6 is 11.3 Å². The van der Waals surface area contributed by atoms with E-state index in [2.05, 4.69) is 5.32 Å². The maximum atomic E-state index is 13.3. The van der Waals surface area contributed by atoms with Crippen LogP contribution in [0.1, 0.15) is 28.1 Å². The Kier molecular flexibility index (Phi) is 3.48. The standard InChI is InChI=1S/C15H17FN2OS/c1-8-11-6-10(16)4-5-13(11)20-14(8)15(19)18-12(7-17)9-2-3-9/h4-6,9,12H,2-3,7,17H2,1H3,(H,18,19). The molecular formula is C15H17FN2OS. The number of benzene rings is 1. The lowest BCUT2D eigenvalue weighted by Crippen LogP contribution is -2.41. The van der Waals surface area contributed by atoms with Crippen molar-refractivity contribution in [3.05, 3.63) is 34.5 Å². The number of carbonyl (C=O) groups is 1. The molecule has 1 saturated carbocycles. The number of thiophene rings is 1. The lowest BCUT2D eigenvalue weighted by atomic mass is 10.1. The number of halogens is 1. The van der Waals surface area contributed by atoms with Crippen LogP contribution < -0.4 is 11.1 Å². The molecule has 0 aliphatic heterocycles. The third kappa shape index (κ3) is 2.43. The average molecular weight is 292 g/mol. The van der Waals surface area contributed by atoms with Gasteiger partial charge in [-0.1, -0.05) is 0 Å². The lowest BCUT2D eigenvalue weighted by molar-refractivity contribution is 0.0937. The van der Waals surface area contributed by atoms with Crippen LogP contribution in [0, 0.1) is 18.7 Å². The predicted molar refractivity (Wildman–Crippen MR) is 79.6 cm³/mol. The zero-order valence-electron chi connectivity index (χ0n) is 11.3. The van der Waals surface area contributed by atoms with Crippen molar-refractivity contribution in [2.24, 2.45) is 11.7 Å². The summed E-state index contributed by atoms with van der Waals surface area (Å²) in [4.78, 5) is 13.0. The maximum absolute atomic E-state index is 13.3. The second-order valence-corrected chi connectivity index (χ2v) is 6.40. The fraction of sp³-hybridized carbons (Fsp3) is 0.400. The number of rotatable bonds is 4. The Morgan fingerprint density at radius 1 is 1.55 bits per heavy atom. The van der Waals surface area contributed by atoms with Gasteiger partial charge >= 0.3 is 0 Å². The molecular weight excluding hydrogens is 275 g/mol. The first kappa shape index (κ1) is 13.5. The monoisotopic (exact) mass is 292 g/mol. The van der Waals surface area contributed by atoms with Gasteiger partial charge in [-0.15, -0.1) is 11.3 Å². The molecule has 0 bridgehead atoms. The molecule has 0 saturated heterocycles. The van der Waals surface area contributed by atoms with E-state index in [-0.39, 0.29) is 17.8 Å². The largest absolute Gasteiger partial charge is 0.347 e. The molecule has 5 heteroatoms. The lowest BCUT2D eigenvalue weighted by Gasteiger charge is -2.15. The van der Waals surface area contributed by atoms with Gasteiger partial charge in [0, 0.05) is 17.3 Å². The zero-order valence-corrected chi connectivity index (χ0v) is 12.1. The van der Waals surface area contributed by atoms with E-state index in [1.165, 1.54) is 23.5 Å². The Labute approximate surface area is 121 Å². The summed E-state index contributed by atoms with van der Waals surface area (Å²) in [6, 6.07) is 4.69. The summed E-state index contributed by atoms with van der Waals surface area (Å²) in [6.07, 6.45) is 2.28. The fourth-order valence-electron chi connectivity index (χ4n) is 2.51.